The molecule has 2 aromatic heterocycles. The summed E-state index contributed by atoms with van der Waals surface area (Å²) >= 11 is 5.44. The molecule has 5 N–H and O–H groups in total. The van der Waals surface area contributed by atoms with Crippen molar-refractivity contribution in [2.24, 2.45) is 17.6 Å². The number of hydrogen-bond donors (Lipinski definition) is 4. The molecule has 0 aliphatic heterocycles. The van der Waals surface area contributed by atoms with E-state index in [1.54, 1.807) is 47.6 Å². The van der Waals surface area contributed by atoms with Gasteiger partial charge in [-0.2, -0.15) is 9.97 Å². The Morgan fingerprint density at radius 1 is 0.727 bits per heavy atom. The number of rotatable bonds is 8. The maximum Gasteiger partial charge on any atom is 0.295 e. The largest absolute Gasteiger partial charge is 0.427 e. The molecule has 0 unspecified atom stereocenters. The number of oxazole rings is 2. The predicted molar refractivity (Wildman–Crippen MR) is 220 cm³/mol. The van der Waals surface area contributed by atoms with Crippen LogP contribution in [0.1, 0.15) is 100 Å². The molecule has 0 amide bonds. The lowest BCUT2D eigenvalue weighted by molar-refractivity contribution is 0.325. The van der Waals surface area contributed by atoms with Crippen molar-refractivity contribution in [2.75, 3.05) is 18.4 Å². The fourth-order valence-corrected chi connectivity index (χ4v) is 7.75. The van der Waals surface area contributed by atoms with Crippen molar-refractivity contribution in [1.29, 1.82) is 0 Å². The van der Waals surface area contributed by atoms with Crippen molar-refractivity contribution in [3.8, 4) is 0 Å². The molecular formula is C37H58Cl2F2N6O6S2. The van der Waals surface area contributed by atoms with Crippen molar-refractivity contribution >= 4 is 72.3 Å². The molecule has 4 aromatic rings. The van der Waals surface area contributed by atoms with Gasteiger partial charge in [0.1, 0.15) is 22.7 Å². The lowest BCUT2D eigenvalue weighted by Gasteiger charge is -2.29. The summed E-state index contributed by atoms with van der Waals surface area (Å²) in [5.41, 5.74) is 7.80. The third-order valence-corrected chi connectivity index (χ3v) is 14.0. The van der Waals surface area contributed by atoms with Crippen LogP contribution in [-0.4, -0.2) is 61.5 Å². The molecule has 2 fully saturated rings. The van der Waals surface area contributed by atoms with E-state index in [0.717, 1.165) is 51.4 Å². The van der Waals surface area contributed by atoms with E-state index in [1.807, 2.05) is 0 Å². The Bertz CT molecular complexity index is 2020. The zero-order chi connectivity index (χ0) is 39.2. The van der Waals surface area contributed by atoms with Crippen LogP contribution >= 0.6 is 24.0 Å². The molecule has 2 aromatic carbocycles. The van der Waals surface area contributed by atoms with Crippen molar-refractivity contribution in [3.05, 3.63) is 53.4 Å². The first-order valence-electron chi connectivity index (χ1n) is 17.9. The fourth-order valence-electron chi connectivity index (χ4n) is 5.80. The molecule has 2 heterocycles. The number of nitrogens with zero attached hydrogens (tertiary/aromatic N) is 2. The number of fused-ring (bicyclic) bond motifs is 2. The maximum absolute atomic E-state index is 13.2. The van der Waals surface area contributed by atoms with Crippen molar-refractivity contribution in [1.82, 2.24) is 19.4 Å². The van der Waals surface area contributed by atoms with Gasteiger partial charge in [0.15, 0.2) is 11.2 Å². The van der Waals surface area contributed by atoms with Gasteiger partial charge < -0.3 is 19.9 Å². The summed E-state index contributed by atoms with van der Waals surface area (Å²) in [6.45, 7) is 11.3. The zero-order valence-electron chi connectivity index (χ0n) is 31.6. The summed E-state index contributed by atoms with van der Waals surface area (Å²) in [6, 6.07) is 9.29. The van der Waals surface area contributed by atoms with Crippen LogP contribution in [-0.2, 0) is 20.0 Å². The second-order valence-electron chi connectivity index (χ2n) is 15.8. The van der Waals surface area contributed by atoms with Gasteiger partial charge >= 0.3 is 0 Å². The van der Waals surface area contributed by atoms with Gasteiger partial charge in [-0.15, -0.1) is 12.4 Å². The van der Waals surface area contributed by atoms with Crippen LogP contribution in [0.5, 0.6) is 0 Å². The second kappa shape index (κ2) is 20.2. The standard InChI is InChI=1S/C18H26FN3O3S.C11H24N2O2S.C7H3ClFNO.CH4.ClH/c1-18(2,3)26(23,24)20-11-12-4-7-14(8-5-12)21-17-22-15-9-6-13(19)10-16(15)25-17;1-11(2,3)16(14,15)13-8-9-4-6-10(12)7-5-9;8-7-10-5-2-1-4(9)3-6(5)11-7;;/h6,9-10,12,14,20H,4-5,7-8,11H2,1-3H3,(H,21,22);9-10,13H,4-8,12H2,1-3H3;1-3H;1H4;1H. The third-order valence-electron chi connectivity index (χ3n) is 9.48. The minimum atomic E-state index is -3.30. The zero-order valence-corrected chi connectivity index (χ0v) is 34.8. The predicted octanol–water partition coefficient (Wildman–Crippen LogP) is 8.56. The maximum atomic E-state index is 13.2. The molecule has 0 bridgehead atoms. The van der Waals surface area contributed by atoms with Crippen molar-refractivity contribution in [3.63, 3.8) is 0 Å². The van der Waals surface area contributed by atoms with Gasteiger partial charge in [-0.25, -0.2) is 35.1 Å². The third kappa shape index (κ3) is 14.4. The Morgan fingerprint density at radius 3 is 1.60 bits per heavy atom. The first-order chi connectivity index (χ1) is 24.6. The highest BCUT2D eigenvalue weighted by atomic mass is 35.5. The van der Waals surface area contributed by atoms with Gasteiger partial charge in [0.05, 0.1) is 9.49 Å². The minimum absolute atomic E-state index is 0. The van der Waals surface area contributed by atoms with E-state index in [0.29, 0.717) is 59.2 Å². The molecule has 6 rings (SSSR count). The first-order valence-corrected chi connectivity index (χ1v) is 21.2. The highest BCUT2D eigenvalue weighted by Gasteiger charge is 2.31. The number of sulfonamides is 2. The Labute approximate surface area is 336 Å². The highest BCUT2D eigenvalue weighted by molar-refractivity contribution is 7.91. The van der Waals surface area contributed by atoms with Crippen molar-refractivity contribution in [2.45, 2.75) is 122 Å². The van der Waals surface area contributed by atoms with E-state index in [4.69, 9.17) is 26.2 Å². The molecule has 2 saturated carbocycles. The van der Waals surface area contributed by atoms with Gasteiger partial charge in [0.25, 0.3) is 11.4 Å². The van der Waals surface area contributed by atoms with Crippen molar-refractivity contribution < 1.29 is 34.5 Å². The van der Waals surface area contributed by atoms with Gasteiger partial charge in [0, 0.05) is 37.3 Å². The SMILES string of the molecule is C.CC(C)(C)S(=O)(=O)NCC1CCC(N)CC1.CC(C)(C)S(=O)(=O)NCC1CCC(Nc2nc3ccc(F)cc3o2)CC1.Cl.Fc1ccc2nc(Cl)oc2c1. The van der Waals surface area contributed by atoms with E-state index in [2.05, 4.69) is 24.7 Å². The molecule has 18 heteroatoms. The molecule has 0 saturated heterocycles. The smallest absolute Gasteiger partial charge is 0.295 e. The molecule has 12 nitrogen and oxygen atoms in total. The van der Waals surface area contributed by atoms with Gasteiger partial charge in [-0.3, -0.25) is 0 Å². The van der Waals surface area contributed by atoms with Crippen LogP contribution in [0.4, 0.5) is 14.8 Å². The molecular weight excluding hydrogens is 797 g/mol. The summed E-state index contributed by atoms with van der Waals surface area (Å²) in [4.78, 5) is 8.11. The molecule has 2 aliphatic carbocycles. The highest BCUT2D eigenvalue weighted by Crippen LogP contribution is 2.29. The average molecular weight is 856 g/mol. The fraction of sp³-hybridized carbons (Fsp3) is 0.622. The molecule has 312 valence electrons. The summed E-state index contributed by atoms with van der Waals surface area (Å²) in [7, 11) is -6.49. The number of hydrogen-bond acceptors (Lipinski definition) is 10. The number of halogens is 4. The monoisotopic (exact) mass is 854 g/mol. The molecule has 2 aliphatic rings. The normalized spacial score (nSPS) is 20.6. The number of nitrogens with two attached hydrogens (primary N) is 1. The van der Waals surface area contributed by atoms with E-state index in [-0.39, 0.29) is 42.9 Å². The van der Waals surface area contributed by atoms with Gasteiger partial charge in [0.2, 0.25) is 20.0 Å². The van der Waals surface area contributed by atoms with Crippen LogP contribution in [0.2, 0.25) is 5.35 Å². The lowest BCUT2D eigenvalue weighted by atomic mass is 9.86. The molecule has 55 heavy (non-hydrogen) atoms. The lowest BCUT2D eigenvalue weighted by Crippen LogP contribution is -2.42. The Hall–Kier alpha value is -2.60. The van der Waals surface area contributed by atoms with E-state index < -0.39 is 29.5 Å². The van der Waals surface area contributed by atoms with Crippen LogP contribution in [0.15, 0.2) is 45.2 Å². The average Bonchev–Trinajstić information content (AvgIpc) is 3.64. The number of aromatic nitrogens is 2. The Balaban J connectivity index is 0.000000308. The molecule has 0 radical (unpaired) electrons. The van der Waals surface area contributed by atoms with Crippen LogP contribution in [0.3, 0.4) is 0 Å². The number of benzene rings is 2. The van der Waals surface area contributed by atoms with E-state index in [1.165, 1.54) is 30.3 Å². The number of anilines is 1. The van der Waals surface area contributed by atoms with Gasteiger partial charge in [-0.1, -0.05) is 7.43 Å². The van der Waals surface area contributed by atoms with E-state index >= 15 is 0 Å². The Kier molecular flexibility index (Phi) is 17.8. The van der Waals surface area contributed by atoms with Crippen LogP contribution < -0.4 is 20.5 Å². The summed E-state index contributed by atoms with van der Waals surface area (Å²) in [6.07, 6.45) is 7.79. The summed E-state index contributed by atoms with van der Waals surface area (Å²) < 4.78 is 88.0. The summed E-state index contributed by atoms with van der Waals surface area (Å²) in [5, 5.41) is 3.30. The summed E-state index contributed by atoms with van der Waals surface area (Å²) in [5.74, 6) is 0.0866. The van der Waals surface area contributed by atoms with E-state index in [9.17, 15) is 25.6 Å². The second-order valence-corrected chi connectivity index (χ2v) is 21.1. The topological polar surface area (TPSA) is 182 Å². The quantitative estimate of drug-likeness (QED) is 0.134. The molecule has 0 spiro atoms. The molecule has 0 atom stereocenters. The Morgan fingerprint density at radius 2 is 1.15 bits per heavy atom. The van der Waals surface area contributed by atoms with Crippen LogP contribution in [0, 0.1) is 23.5 Å². The van der Waals surface area contributed by atoms with Crippen LogP contribution in [0.25, 0.3) is 22.2 Å². The van der Waals surface area contributed by atoms with Gasteiger partial charge in [-0.05, 0) is 141 Å². The minimum Gasteiger partial charge on any atom is -0.427 e. The first kappa shape index (κ1) is 48.5. The number of nitrogens with one attached hydrogen (secondary N) is 3.